The molecule has 1 saturated heterocycles. The second kappa shape index (κ2) is 7.60. The highest BCUT2D eigenvalue weighted by molar-refractivity contribution is 5.99. The van der Waals surface area contributed by atoms with Crippen LogP contribution in [0.15, 0.2) is 54.9 Å². The Morgan fingerprint density at radius 3 is 2.64 bits per heavy atom. The predicted molar refractivity (Wildman–Crippen MR) is 112 cm³/mol. The number of likely N-dealkylation sites (tertiary alicyclic amines) is 1. The van der Waals surface area contributed by atoms with Gasteiger partial charge in [-0.05, 0) is 60.6 Å². The van der Waals surface area contributed by atoms with Gasteiger partial charge < -0.3 is 14.5 Å². The Hall–Kier alpha value is -2.92. The fourth-order valence-electron chi connectivity index (χ4n) is 3.84. The van der Waals surface area contributed by atoms with E-state index < -0.39 is 0 Å². The van der Waals surface area contributed by atoms with Crippen molar-refractivity contribution in [2.24, 2.45) is 0 Å². The molecule has 2 aromatic carbocycles. The summed E-state index contributed by atoms with van der Waals surface area (Å²) in [6, 6.07) is 14.4. The van der Waals surface area contributed by atoms with Crippen LogP contribution in [-0.4, -0.2) is 61.0 Å². The first-order valence-corrected chi connectivity index (χ1v) is 9.54. The van der Waals surface area contributed by atoms with Gasteiger partial charge >= 0.3 is 0 Å². The molecular formula is C23H25N3O2. The van der Waals surface area contributed by atoms with E-state index in [1.54, 1.807) is 13.3 Å². The van der Waals surface area contributed by atoms with E-state index in [1.807, 2.05) is 42.4 Å². The van der Waals surface area contributed by atoms with Gasteiger partial charge in [-0.3, -0.25) is 9.78 Å². The zero-order chi connectivity index (χ0) is 19.7. The van der Waals surface area contributed by atoms with Gasteiger partial charge in [-0.2, -0.15) is 0 Å². The number of carbonyl (C=O) groups excluding carboxylic acids is 1. The summed E-state index contributed by atoms with van der Waals surface area (Å²) in [6.45, 7) is 1.98. The molecule has 144 valence electrons. The van der Waals surface area contributed by atoms with Crippen molar-refractivity contribution in [3.8, 4) is 16.9 Å². The first-order valence-electron chi connectivity index (χ1n) is 9.54. The highest BCUT2D eigenvalue weighted by atomic mass is 16.5. The van der Waals surface area contributed by atoms with Crippen LogP contribution in [0.3, 0.4) is 0 Å². The minimum atomic E-state index is 0.0864. The average molecular weight is 375 g/mol. The summed E-state index contributed by atoms with van der Waals surface area (Å²) in [5.74, 6) is 0.822. The lowest BCUT2D eigenvalue weighted by Crippen LogP contribution is -2.38. The largest absolute Gasteiger partial charge is 0.495 e. The standard InChI is InChI=1S/C23H25N3O2/c1-25-9-8-21(15-25)26(2)23(27)19-7-6-16-10-18(5-4-17(16)11-19)20-12-22(28-3)14-24-13-20/h4-7,10-14,21H,8-9,15H2,1-3H3. The summed E-state index contributed by atoms with van der Waals surface area (Å²) < 4.78 is 5.27. The molecule has 0 radical (unpaired) electrons. The number of nitrogens with zero attached hydrogens (tertiary/aromatic N) is 3. The Labute approximate surface area is 165 Å². The van der Waals surface area contributed by atoms with Crippen LogP contribution in [0.2, 0.25) is 0 Å². The second-order valence-corrected chi connectivity index (χ2v) is 7.51. The number of fused-ring (bicyclic) bond motifs is 1. The molecule has 1 amide bonds. The van der Waals surface area contributed by atoms with Gasteiger partial charge in [-0.15, -0.1) is 0 Å². The van der Waals surface area contributed by atoms with Crippen molar-refractivity contribution in [1.29, 1.82) is 0 Å². The number of pyridine rings is 1. The monoisotopic (exact) mass is 375 g/mol. The molecule has 3 aromatic rings. The van der Waals surface area contributed by atoms with E-state index in [-0.39, 0.29) is 11.9 Å². The fourth-order valence-corrected chi connectivity index (χ4v) is 3.84. The van der Waals surface area contributed by atoms with Crippen molar-refractivity contribution in [2.75, 3.05) is 34.3 Å². The molecule has 0 bridgehead atoms. The lowest BCUT2D eigenvalue weighted by Gasteiger charge is -2.24. The van der Waals surface area contributed by atoms with E-state index in [9.17, 15) is 4.79 Å². The number of amides is 1. The summed E-state index contributed by atoms with van der Waals surface area (Å²) in [7, 11) is 5.65. The Morgan fingerprint density at radius 1 is 1.11 bits per heavy atom. The highest BCUT2D eigenvalue weighted by Crippen LogP contribution is 2.27. The van der Waals surface area contributed by atoms with Crippen LogP contribution in [-0.2, 0) is 0 Å². The minimum Gasteiger partial charge on any atom is -0.495 e. The van der Waals surface area contributed by atoms with Gasteiger partial charge in [0.1, 0.15) is 5.75 Å². The predicted octanol–water partition coefficient (Wildman–Crippen LogP) is 3.69. The number of benzene rings is 2. The molecule has 4 rings (SSSR count). The maximum absolute atomic E-state index is 12.9. The summed E-state index contributed by atoms with van der Waals surface area (Å²) >= 11 is 0. The summed E-state index contributed by atoms with van der Waals surface area (Å²) in [4.78, 5) is 21.3. The van der Waals surface area contributed by atoms with Gasteiger partial charge in [-0.1, -0.05) is 18.2 Å². The maximum atomic E-state index is 12.9. The molecule has 1 aliphatic rings. The number of likely N-dealkylation sites (N-methyl/N-ethyl adjacent to an activating group) is 2. The van der Waals surface area contributed by atoms with Gasteiger partial charge in [0.15, 0.2) is 0 Å². The smallest absolute Gasteiger partial charge is 0.253 e. The van der Waals surface area contributed by atoms with Gasteiger partial charge in [0, 0.05) is 37.0 Å². The number of hydrogen-bond donors (Lipinski definition) is 0. The van der Waals surface area contributed by atoms with E-state index in [2.05, 4.69) is 35.1 Å². The number of aromatic nitrogens is 1. The van der Waals surface area contributed by atoms with E-state index in [1.165, 1.54) is 0 Å². The molecule has 2 heterocycles. The summed E-state index contributed by atoms with van der Waals surface area (Å²) in [5, 5.41) is 2.16. The topological polar surface area (TPSA) is 45.7 Å². The number of methoxy groups -OCH3 is 1. The molecule has 1 atom stereocenters. The molecule has 1 aliphatic heterocycles. The molecular weight excluding hydrogens is 350 g/mol. The molecule has 1 unspecified atom stereocenters. The zero-order valence-electron chi connectivity index (χ0n) is 16.6. The molecule has 0 N–H and O–H groups in total. The molecule has 5 nitrogen and oxygen atoms in total. The lowest BCUT2D eigenvalue weighted by atomic mass is 10.0. The van der Waals surface area contributed by atoms with Crippen LogP contribution in [0.5, 0.6) is 5.75 Å². The van der Waals surface area contributed by atoms with Crippen molar-refractivity contribution >= 4 is 16.7 Å². The van der Waals surface area contributed by atoms with Gasteiger partial charge in [0.05, 0.1) is 13.3 Å². The van der Waals surface area contributed by atoms with Crippen LogP contribution in [0.1, 0.15) is 16.8 Å². The molecule has 5 heteroatoms. The quantitative estimate of drug-likeness (QED) is 0.698. The third-order valence-corrected chi connectivity index (χ3v) is 5.60. The SMILES string of the molecule is COc1cncc(-c2ccc3cc(C(=O)N(C)C4CCN(C)C4)ccc3c2)c1. The zero-order valence-corrected chi connectivity index (χ0v) is 16.6. The first kappa shape index (κ1) is 18.4. The van der Waals surface area contributed by atoms with Crippen LogP contribution >= 0.6 is 0 Å². The Balaban J connectivity index is 1.60. The van der Waals surface area contributed by atoms with Crippen molar-refractivity contribution in [1.82, 2.24) is 14.8 Å². The number of hydrogen-bond acceptors (Lipinski definition) is 4. The minimum absolute atomic E-state index is 0.0864. The van der Waals surface area contributed by atoms with Gasteiger partial charge in [0.2, 0.25) is 0 Å². The molecule has 1 aromatic heterocycles. The average Bonchev–Trinajstić information content (AvgIpc) is 3.18. The maximum Gasteiger partial charge on any atom is 0.253 e. The molecule has 0 saturated carbocycles. The van der Waals surface area contributed by atoms with E-state index in [0.29, 0.717) is 0 Å². The number of carbonyl (C=O) groups is 1. The van der Waals surface area contributed by atoms with Crippen molar-refractivity contribution in [3.05, 3.63) is 60.4 Å². The third kappa shape index (κ3) is 3.58. The number of ether oxygens (including phenoxy) is 1. The van der Waals surface area contributed by atoms with Crippen LogP contribution < -0.4 is 4.74 Å². The Morgan fingerprint density at radius 2 is 1.89 bits per heavy atom. The Bertz CT molecular complexity index is 1020. The normalized spacial score (nSPS) is 17.0. The fraction of sp³-hybridized carbons (Fsp3) is 0.304. The van der Waals surface area contributed by atoms with E-state index in [0.717, 1.165) is 52.7 Å². The van der Waals surface area contributed by atoms with Crippen LogP contribution in [0.25, 0.3) is 21.9 Å². The molecule has 0 spiro atoms. The Kier molecular flexibility index (Phi) is 5.01. The van der Waals surface area contributed by atoms with Crippen LogP contribution in [0, 0.1) is 0 Å². The highest BCUT2D eigenvalue weighted by Gasteiger charge is 2.27. The van der Waals surface area contributed by atoms with Crippen LogP contribution in [0.4, 0.5) is 0 Å². The van der Waals surface area contributed by atoms with Crippen molar-refractivity contribution in [3.63, 3.8) is 0 Å². The van der Waals surface area contributed by atoms with E-state index in [4.69, 9.17) is 4.74 Å². The van der Waals surface area contributed by atoms with Gasteiger partial charge in [0.25, 0.3) is 5.91 Å². The molecule has 0 aliphatic carbocycles. The molecule has 1 fully saturated rings. The van der Waals surface area contributed by atoms with E-state index >= 15 is 0 Å². The summed E-state index contributed by atoms with van der Waals surface area (Å²) in [5.41, 5.74) is 2.82. The summed E-state index contributed by atoms with van der Waals surface area (Å²) in [6.07, 6.45) is 4.56. The van der Waals surface area contributed by atoms with Crippen molar-refractivity contribution in [2.45, 2.75) is 12.5 Å². The third-order valence-electron chi connectivity index (χ3n) is 5.60. The number of rotatable bonds is 4. The second-order valence-electron chi connectivity index (χ2n) is 7.51. The van der Waals surface area contributed by atoms with Gasteiger partial charge in [-0.25, -0.2) is 0 Å². The van der Waals surface area contributed by atoms with Crippen molar-refractivity contribution < 1.29 is 9.53 Å². The molecule has 28 heavy (non-hydrogen) atoms. The first-order chi connectivity index (χ1) is 13.5. The lowest BCUT2D eigenvalue weighted by molar-refractivity contribution is 0.0738.